The van der Waals surface area contributed by atoms with Crippen molar-refractivity contribution in [2.45, 2.75) is 64.7 Å². The SMILES string of the molecule is C=CCCCCCCCCC(=O)Nc1nnc(CC)s1. The zero-order valence-corrected chi connectivity index (χ0v) is 13.2. The summed E-state index contributed by atoms with van der Waals surface area (Å²) in [6, 6.07) is 0. The second-order valence-electron chi connectivity index (χ2n) is 4.85. The van der Waals surface area contributed by atoms with Crippen molar-refractivity contribution in [3.8, 4) is 0 Å². The Morgan fingerprint density at radius 1 is 1.20 bits per heavy atom. The van der Waals surface area contributed by atoms with Crippen molar-refractivity contribution in [1.29, 1.82) is 0 Å². The Kier molecular flexibility index (Phi) is 8.87. The fourth-order valence-electron chi connectivity index (χ4n) is 1.91. The molecule has 1 aromatic heterocycles. The summed E-state index contributed by atoms with van der Waals surface area (Å²) in [7, 11) is 0. The van der Waals surface area contributed by atoms with E-state index in [2.05, 4.69) is 22.1 Å². The number of carbonyl (C=O) groups excluding carboxylic acids is 1. The van der Waals surface area contributed by atoms with Gasteiger partial charge in [0.15, 0.2) is 0 Å². The van der Waals surface area contributed by atoms with Crippen LogP contribution in [0.1, 0.15) is 63.3 Å². The molecule has 0 spiro atoms. The number of allylic oxidation sites excluding steroid dienone is 1. The molecular formula is C15H25N3OS. The van der Waals surface area contributed by atoms with Gasteiger partial charge in [-0.2, -0.15) is 0 Å². The first-order valence-electron chi connectivity index (χ1n) is 7.49. The Morgan fingerprint density at radius 2 is 1.90 bits per heavy atom. The second kappa shape index (κ2) is 10.5. The Morgan fingerprint density at radius 3 is 2.55 bits per heavy atom. The predicted molar refractivity (Wildman–Crippen MR) is 85.0 cm³/mol. The Hall–Kier alpha value is -1.23. The van der Waals surface area contributed by atoms with E-state index in [4.69, 9.17) is 0 Å². The fraction of sp³-hybridized carbons (Fsp3) is 0.667. The van der Waals surface area contributed by atoms with Crippen molar-refractivity contribution >= 4 is 22.4 Å². The van der Waals surface area contributed by atoms with Crippen LogP contribution in [-0.2, 0) is 11.2 Å². The lowest BCUT2D eigenvalue weighted by atomic mass is 10.1. The molecule has 5 heteroatoms. The lowest BCUT2D eigenvalue weighted by molar-refractivity contribution is -0.116. The van der Waals surface area contributed by atoms with Crippen LogP contribution in [-0.4, -0.2) is 16.1 Å². The first kappa shape index (κ1) is 16.8. The number of hydrogen-bond donors (Lipinski definition) is 1. The molecule has 0 aliphatic rings. The Balaban J connectivity index is 2.01. The molecule has 4 nitrogen and oxygen atoms in total. The van der Waals surface area contributed by atoms with Gasteiger partial charge in [0, 0.05) is 6.42 Å². The van der Waals surface area contributed by atoms with E-state index in [0.29, 0.717) is 11.6 Å². The van der Waals surface area contributed by atoms with E-state index < -0.39 is 0 Å². The zero-order valence-electron chi connectivity index (χ0n) is 12.4. The third-order valence-corrected chi connectivity index (χ3v) is 4.06. The van der Waals surface area contributed by atoms with Crippen LogP contribution in [0.5, 0.6) is 0 Å². The second-order valence-corrected chi connectivity index (χ2v) is 5.91. The summed E-state index contributed by atoms with van der Waals surface area (Å²) >= 11 is 1.45. The number of nitrogens with zero attached hydrogens (tertiary/aromatic N) is 2. The average Bonchev–Trinajstić information content (AvgIpc) is 2.89. The first-order chi connectivity index (χ1) is 9.76. The van der Waals surface area contributed by atoms with E-state index in [1.165, 1.54) is 37.0 Å². The molecule has 0 saturated heterocycles. The van der Waals surface area contributed by atoms with Gasteiger partial charge in [0.05, 0.1) is 0 Å². The fourth-order valence-corrected chi connectivity index (χ4v) is 2.61. The third kappa shape index (κ3) is 7.38. The van der Waals surface area contributed by atoms with Crippen molar-refractivity contribution in [2.24, 2.45) is 0 Å². The Bertz CT molecular complexity index is 404. The molecule has 1 aromatic rings. The summed E-state index contributed by atoms with van der Waals surface area (Å²) in [4.78, 5) is 11.7. The van der Waals surface area contributed by atoms with Crippen LogP contribution < -0.4 is 5.32 Å². The molecule has 0 unspecified atom stereocenters. The molecule has 0 radical (unpaired) electrons. The molecule has 1 N–H and O–H groups in total. The number of hydrogen-bond acceptors (Lipinski definition) is 4. The smallest absolute Gasteiger partial charge is 0.226 e. The van der Waals surface area contributed by atoms with Gasteiger partial charge in [-0.15, -0.1) is 16.8 Å². The molecule has 0 aliphatic heterocycles. The molecule has 112 valence electrons. The van der Waals surface area contributed by atoms with E-state index in [9.17, 15) is 4.79 Å². The van der Waals surface area contributed by atoms with Crippen molar-refractivity contribution in [2.75, 3.05) is 5.32 Å². The molecule has 1 amide bonds. The molecule has 20 heavy (non-hydrogen) atoms. The molecule has 0 fully saturated rings. The summed E-state index contributed by atoms with van der Waals surface area (Å²) in [5.74, 6) is 0.0514. The number of anilines is 1. The summed E-state index contributed by atoms with van der Waals surface area (Å²) in [6.07, 6.45) is 11.6. The summed E-state index contributed by atoms with van der Waals surface area (Å²) < 4.78 is 0. The van der Waals surface area contributed by atoms with Crippen LogP contribution >= 0.6 is 11.3 Å². The number of carbonyl (C=O) groups is 1. The number of unbranched alkanes of at least 4 members (excludes halogenated alkanes) is 6. The van der Waals surface area contributed by atoms with Gasteiger partial charge >= 0.3 is 0 Å². The molecule has 0 bridgehead atoms. The van der Waals surface area contributed by atoms with Crippen LogP contribution in [0.3, 0.4) is 0 Å². The topological polar surface area (TPSA) is 54.9 Å². The maximum Gasteiger partial charge on any atom is 0.226 e. The monoisotopic (exact) mass is 295 g/mol. The van der Waals surface area contributed by atoms with Crippen molar-refractivity contribution in [3.63, 3.8) is 0 Å². The van der Waals surface area contributed by atoms with Gasteiger partial charge in [-0.25, -0.2) is 0 Å². The predicted octanol–water partition coefficient (Wildman–Crippen LogP) is 4.35. The van der Waals surface area contributed by atoms with Gasteiger partial charge in [0.2, 0.25) is 11.0 Å². The lowest BCUT2D eigenvalue weighted by Crippen LogP contribution is -2.10. The Labute approximate surface area is 125 Å². The number of nitrogens with one attached hydrogen (secondary N) is 1. The van der Waals surface area contributed by atoms with Gasteiger partial charge in [-0.3, -0.25) is 4.79 Å². The van der Waals surface area contributed by atoms with Crippen LogP contribution in [0.15, 0.2) is 12.7 Å². The van der Waals surface area contributed by atoms with E-state index in [1.54, 1.807) is 0 Å². The molecule has 1 heterocycles. The number of rotatable bonds is 11. The molecule has 0 atom stereocenters. The normalized spacial score (nSPS) is 10.4. The average molecular weight is 295 g/mol. The quantitative estimate of drug-likeness (QED) is 0.488. The van der Waals surface area contributed by atoms with Gasteiger partial charge < -0.3 is 5.32 Å². The molecular weight excluding hydrogens is 270 g/mol. The van der Waals surface area contributed by atoms with E-state index in [1.807, 2.05) is 13.0 Å². The van der Waals surface area contributed by atoms with Crippen LogP contribution in [0.25, 0.3) is 0 Å². The van der Waals surface area contributed by atoms with Crippen LogP contribution in [0.4, 0.5) is 5.13 Å². The summed E-state index contributed by atoms with van der Waals surface area (Å²) in [6.45, 7) is 5.74. The largest absolute Gasteiger partial charge is 0.301 e. The number of aryl methyl sites for hydroxylation is 1. The minimum absolute atomic E-state index is 0.0514. The zero-order chi connectivity index (χ0) is 14.6. The highest BCUT2D eigenvalue weighted by molar-refractivity contribution is 7.15. The van der Waals surface area contributed by atoms with Gasteiger partial charge in [0.25, 0.3) is 0 Å². The molecule has 0 aromatic carbocycles. The highest BCUT2D eigenvalue weighted by atomic mass is 32.1. The number of aromatic nitrogens is 2. The van der Waals surface area contributed by atoms with Gasteiger partial charge in [-0.1, -0.05) is 50.0 Å². The van der Waals surface area contributed by atoms with Gasteiger partial charge in [-0.05, 0) is 25.7 Å². The van der Waals surface area contributed by atoms with Crippen molar-refractivity contribution in [1.82, 2.24) is 10.2 Å². The van der Waals surface area contributed by atoms with Crippen LogP contribution in [0.2, 0.25) is 0 Å². The van der Waals surface area contributed by atoms with Crippen molar-refractivity contribution in [3.05, 3.63) is 17.7 Å². The number of amides is 1. The first-order valence-corrected chi connectivity index (χ1v) is 8.31. The van der Waals surface area contributed by atoms with Crippen LogP contribution in [0, 0.1) is 0 Å². The highest BCUT2D eigenvalue weighted by Gasteiger charge is 2.06. The minimum Gasteiger partial charge on any atom is -0.301 e. The van der Waals surface area contributed by atoms with E-state index >= 15 is 0 Å². The van der Waals surface area contributed by atoms with E-state index in [-0.39, 0.29) is 5.91 Å². The molecule has 1 rings (SSSR count). The maximum atomic E-state index is 11.7. The molecule has 0 aliphatic carbocycles. The lowest BCUT2D eigenvalue weighted by Gasteiger charge is -2.02. The summed E-state index contributed by atoms with van der Waals surface area (Å²) in [5.41, 5.74) is 0. The molecule has 0 saturated carbocycles. The maximum absolute atomic E-state index is 11.7. The summed E-state index contributed by atoms with van der Waals surface area (Å²) in [5, 5.41) is 12.3. The minimum atomic E-state index is 0.0514. The third-order valence-electron chi connectivity index (χ3n) is 3.08. The van der Waals surface area contributed by atoms with E-state index in [0.717, 1.165) is 30.7 Å². The van der Waals surface area contributed by atoms with Crippen molar-refractivity contribution < 1.29 is 4.79 Å². The highest BCUT2D eigenvalue weighted by Crippen LogP contribution is 2.16. The standard InChI is InChI=1S/C15H25N3OS/c1-3-5-6-7-8-9-10-11-12-13(19)16-15-18-17-14(4-2)20-15/h3H,1,4-12H2,2H3,(H,16,18,19). The van der Waals surface area contributed by atoms with Gasteiger partial charge in [0.1, 0.15) is 5.01 Å².